The molecule has 2 aromatic rings. The summed E-state index contributed by atoms with van der Waals surface area (Å²) in [6, 6.07) is 8.44. The average Bonchev–Trinajstić information content (AvgIpc) is 2.93. The summed E-state index contributed by atoms with van der Waals surface area (Å²) in [5.41, 5.74) is 2.66. The summed E-state index contributed by atoms with van der Waals surface area (Å²) in [5, 5.41) is 4.52. The summed E-state index contributed by atoms with van der Waals surface area (Å²) in [4.78, 5) is 0. The number of hydrogen-bond acceptors (Lipinski definition) is 1. The minimum Gasteiger partial charge on any atom is -0.313 e. The zero-order chi connectivity index (χ0) is 11.8. The number of halogens is 1. The van der Waals surface area contributed by atoms with Gasteiger partial charge in [0.2, 0.25) is 0 Å². The number of aryl methyl sites for hydroxylation is 1. The van der Waals surface area contributed by atoms with Gasteiger partial charge in [0.05, 0.1) is 5.52 Å². The smallest absolute Gasteiger partial charge is 0.0699 e. The molecular formula is C14H17ClN2. The number of aromatic nitrogens is 1. The molecule has 0 atom stereocenters. The van der Waals surface area contributed by atoms with Gasteiger partial charge in [-0.05, 0) is 43.5 Å². The Hall–Kier alpha value is -1.15. The van der Waals surface area contributed by atoms with Crippen molar-refractivity contribution < 1.29 is 0 Å². The van der Waals surface area contributed by atoms with Gasteiger partial charge in [0.15, 0.2) is 0 Å². The molecule has 2 heterocycles. The van der Waals surface area contributed by atoms with E-state index in [2.05, 4.69) is 34.8 Å². The van der Waals surface area contributed by atoms with Crippen molar-refractivity contribution in [1.29, 1.82) is 0 Å². The number of rotatable bonds is 2. The first-order chi connectivity index (χ1) is 8.29. The van der Waals surface area contributed by atoms with Gasteiger partial charge in [-0.15, -0.1) is 0 Å². The van der Waals surface area contributed by atoms with Crippen LogP contribution in [0.2, 0.25) is 5.02 Å². The van der Waals surface area contributed by atoms with Crippen LogP contribution in [0, 0.1) is 0 Å². The van der Waals surface area contributed by atoms with Crippen LogP contribution < -0.4 is 5.01 Å². The van der Waals surface area contributed by atoms with E-state index >= 15 is 0 Å². The minimum atomic E-state index is 0.818. The van der Waals surface area contributed by atoms with Gasteiger partial charge in [0.1, 0.15) is 0 Å². The first-order valence-electron chi connectivity index (χ1n) is 6.34. The molecule has 1 aromatic heterocycles. The summed E-state index contributed by atoms with van der Waals surface area (Å²) >= 11 is 6.06. The van der Waals surface area contributed by atoms with E-state index in [1.54, 1.807) is 0 Å². The largest absolute Gasteiger partial charge is 0.313 e. The molecule has 17 heavy (non-hydrogen) atoms. The van der Waals surface area contributed by atoms with Gasteiger partial charge in [-0.2, -0.15) is 0 Å². The molecule has 1 aliphatic rings. The van der Waals surface area contributed by atoms with Crippen molar-refractivity contribution in [3.63, 3.8) is 0 Å². The normalized spacial score (nSPS) is 16.0. The van der Waals surface area contributed by atoms with Crippen LogP contribution in [-0.4, -0.2) is 17.8 Å². The molecule has 90 valence electrons. The van der Waals surface area contributed by atoms with Gasteiger partial charge < -0.3 is 5.01 Å². The molecule has 0 N–H and O–H groups in total. The lowest BCUT2D eigenvalue weighted by molar-refractivity contribution is 0.657. The van der Waals surface area contributed by atoms with Gasteiger partial charge in [-0.1, -0.05) is 18.5 Å². The van der Waals surface area contributed by atoms with Gasteiger partial charge in [-0.3, -0.25) is 4.68 Å². The second-order valence-corrected chi connectivity index (χ2v) is 5.10. The maximum atomic E-state index is 6.06. The first kappa shape index (κ1) is 11.0. The summed E-state index contributed by atoms with van der Waals surface area (Å²) in [6.45, 7) is 4.54. The highest BCUT2D eigenvalue weighted by molar-refractivity contribution is 6.31. The molecule has 2 nitrogen and oxygen atoms in total. The van der Waals surface area contributed by atoms with Gasteiger partial charge >= 0.3 is 0 Å². The molecule has 0 radical (unpaired) electrons. The molecule has 0 amide bonds. The minimum absolute atomic E-state index is 0.818. The number of hydrogen-bond donors (Lipinski definition) is 0. The molecule has 3 rings (SSSR count). The fourth-order valence-electron chi connectivity index (χ4n) is 2.72. The second kappa shape index (κ2) is 4.26. The predicted molar refractivity (Wildman–Crippen MR) is 73.5 cm³/mol. The number of fused-ring (bicyclic) bond motifs is 1. The third-order valence-electron chi connectivity index (χ3n) is 3.54. The van der Waals surface area contributed by atoms with Crippen LogP contribution in [0.5, 0.6) is 0 Å². The van der Waals surface area contributed by atoms with Gasteiger partial charge in [0.25, 0.3) is 0 Å². The lowest BCUT2D eigenvalue weighted by Gasteiger charge is -2.23. The molecule has 0 spiro atoms. The van der Waals surface area contributed by atoms with Crippen molar-refractivity contribution in [2.45, 2.75) is 26.2 Å². The number of benzene rings is 1. The van der Waals surface area contributed by atoms with Gasteiger partial charge in [0, 0.05) is 29.2 Å². The van der Waals surface area contributed by atoms with E-state index in [0.29, 0.717) is 0 Å². The molecule has 0 saturated carbocycles. The highest BCUT2D eigenvalue weighted by atomic mass is 35.5. The summed E-state index contributed by atoms with van der Waals surface area (Å²) in [7, 11) is 0. The lowest BCUT2D eigenvalue weighted by Crippen LogP contribution is -2.32. The van der Waals surface area contributed by atoms with E-state index in [1.165, 1.54) is 42.5 Å². The van der Waals surface area contributed by atoms with E-state index in [9.17, 15) is 0 Å². The Balaban J connectivity index is 2.19. The molecule has 1 aromatic carbocycles. The van der Waals surface area contributed by atoms with Crippen LogP contribution in [0.4, 0.5) is 0 Å². The van der Waals surface area contributed by atoms with Crippen molar-refractivity contribution in [3.8, 4) is 0 Å². The highest BCUT2D eigenvalue weighted by Gasteiger charge is 2.17. The Kier molecular flexibility index (Phi) is 2.75. The zero-order valence-electron chi connectivity index (χ0n) is 10.1. The molecule has 0 unspecified atom stereocenters. The van der Waals surface area contributed by atoms with Crippen LogP contribution in [0.25, 0.3) is 10.9 Å². The SMILES string of the molecule is CCc1cc2cc(Cl)ccc2n1N1CCCC1. The van der Waals surface area contributed by atoms with Gasteiger partial charge in [-0.25, -0.2) is 0 Å². The van der Waals surface area contributed by atoms with Crippen LogP contribution in [-0.2, 0) is 6.42 Å². The van der Waals surface area contributed by atoms with Crippen molar-refractivity contribution in [3.05, 3.63) is 35.0 Å². The summed E-state index contributed by atoms with van der Waals surface area (Å²) < 4.78 is 2.39. The lowest BCUT2D eigenvalue weighted by atomic mass is 10.2. The molecule has 0 aliphatic carbocycles. The topological polar surface area (TPSA) is 8.17 Å². The first-order valence-corrected chi connectivity index (χ1v) is 6.72. The molecule has 1 fully saturated rings. The maximum Gasteiger partial charge on any atom is 0.0699 e. The predicted octanol–water partition coefficient (Wildman–Crippen LogP) is 3.59. The Morgan fingerprint density at radius 3 is 2.65 bits per heavy atom. The quantitative estimate of drug-likeness (QED) is 0.789. The molecular weight excluding hydrogens is 232 g/mol. The maximum absolute atomic E-state index is 6.06. The van der Waals surface area contributed by atoms with Crippen LogP contribution in [0.1, 0.15) is 25.5 Å². The molecule has 1 saturated heterocycles. The Labute approximate surface area is 107 Å². The van der Waals surface area contributed by atoms with Crippen molar-refractivity contribution in [1.82, 2.24) is 4.68 Å². The van der Waals surface area contributed by atoms with Crippen molar-refractivity contribution >= 4 is 22.5 Å². The Morgan fingerprint density at radius 2 is 1.94 bits per heavy atom. The van der Waals surface area contributed by atoms with Crippen molar-refractivity contribution in [2.75, 3.05) is 18.1 Å². The molecule has 1 aliphatic heterocycles. The Morgan fingerprint density at radius 1 is 1.18 bits per heavy atom. The van der Waals surface area contributed by atoms with Crippen LogP contribution >= 0.6 is 11.6 Å². The molecule has 0 bridgehead atoms. The fraction of sp³-hybridized carbons (Fsp3) is 0.429. The van der Waals surface area contributed by atoms with E-state index in [4.69, 9.17) is 11.6 Å². The highest BCUT2D eigenvalue weighted by Crippen LogP contribution is 2.25. The number of nitrogens with zero attached hydrogens (tertiary/aromatic N) is 2. The van der Waals surface area contributed by atoms with Crippen molar-refractivity contribution in [2.24, 2.45) is 0 Å². The van der Waals surface area contributed by atoms with Crippen LogP contribution in [0.3, 0.4) is 0 Å². The monoisotopic (exact) mass is 248 g/mol. The second-order valence-electron chi connectivity index (χ2n) is 4.66. The third-order valence-corrected chi connectivity index (χ3v) is 3.77. The van der Waals surface area contributed by atoms with E-state index < -0.39 is 0 Å². The van der Waals surface area contributed by atoms with E-state index in [-0.39, 0.29) is 0 Å². The summed E-state index contributed by atoms with van der Waals surface area (Å²) in [6.07, 6.45) is 3.66. The molecule has 3 heteroatoms. The Bertz CT molecular complexity index is 538. The van der Waals surface area contributed by atoms with E-state index in [0.717, 1.165) is 11.4 Å². The third kappa shape index (κ3) is 1.81. The fourth-order valence-corrected chi connectivity index (χ4v) is 2.90. The zero-order valence-corrected chi connectivity index (χ0v) is 10.9. The summed E-state index contributed by atoms with van der Waals surface area (Å²) in [5.74, 6) is 0. The van der Waals surface area contributed by atoms with Crippen LogP contribution in [0.15, 0.2) is 24.3 Å². The average molecular weight is 249 g/mol. The van der Waals surface area contributed by atoms with E-state index in [1.807, 2.05) is 6.07 Å². The standard InChI is InChI=1S/C14H17ClN2/c1-2-13-10-11-9-12(15)5-6-14(11)17(13)16-7-3-4-8-16/h5-6,9-10H,2-4,7-8H2,1H3.